The molecule has 0 N–H and O–H groups in total. The van der Waals surface area contributed by atoms with Gasteiger partial charge in [0.2, 0.25) is 0 Å². The van der Waals surface area contributed by atoms with Crippen LogP contribution in [-0.2, 0) is 27.3 Å². The van der Waals surface area contributed by atoms with Crippen LogP contribution >= 0.6 is 11.6 Å². The average Bonchev–Trinajstić information content (AvgIpc) is 3.12. The first-order chi connectivity index (χ1) is 16.2. The second kappa shape index (κ2) is 9.79. The zero-order chi connectivity index (χ0) is 24.3. The van der Waals surface area contributed by atoms with Crippen molar-refractivity contribution in [2.75, 3.05) is 24.5 Å². The van der Waals surface area contributed by atoms with E-state index in [1.165, 1.54) is 5.56 Å². The number of nitrogens with zero attached hydrogens (tertiary/aromatic N) is 2. The molecule has 8 heteroatoms. The Hall–Kier alpha value is -2.86. The minimum absolute atomic E-state index is 0.152. The van der Waals surface area contributed by atoms with Gasteiger partial charge < -0.3 is 9.47 Å². The lowest BCUT2D eigenvalue weighted by Gasteiger charge is -2.38. The molecule has 0 saturated carbocycles. The molecule has 34 heavy (non-hydrogen) atoms. The molecular formula is C26H29ClN2O5. The van der Waals surface area contributed by atoms with Crippen LogP contribution in [0.2, 0.25) is 5.02 Å². The van der Waals surface area contributed by atoms with E-state index in [0.29, 0.717) is 6.54 Å². The summed E-state index contributed by atoms with van der Waals surface area (Å²) < 4.78 is 12.3. The van der Waals surface area contributed by atoms with E-state index in [9.17, 15) is 4.79 Å². The molecule has 0 unspecified atom stereocenters. The van der Waals surface area contributed by atoms with Crippen LogP contribution in [0.1, 0.15) is 44.2 Å². The number of amides is 1. The highest BCUT2D eigenvalue weighted by Crippen LogP contribution is 2.40. The van der Waals surface area contributed by atoms with Gasteiger partial charge in [0.05, 0.1) is 6.54 Å². The molecule has 1 amide bonds. The van der Waals surface area contributed by atoms with E-state index in [1.54, 1.807) is 4.90 Å². The summed E-state index contributed by atoms with van der Waals surface area (Å²) in [6, 6.07) is 13.9. The van der Waals surface area contributed by atoms with Crippen molar-refractivity contribution in [2.24, 2.45) is 0 Å². The first-order valence-electron chi connectivity index (χ1n) is 11.5. The number of anilines is 1. The minimum atomic E-state index is -0.393. The Morgan fingerprint density at radius 2 is 1.71 bits per heavy atom. The number of piperidine rings is 1. The molecule has 7 nitrogen and oxygen atoms in total. The fourth-order valence-corrected chi connectivity index (χ4v) is 5.22. The fraction of sp³-hybridized carbons (Fsp3) is 0.462. The molecule has 2 aromatic carbocycles. The Balaban J connectivity index is 0.000000868. The largest absolute Gasteiger partial charge is 0.487 e. The number of rotatable bonds is 3. The summed E-state index contributed by atoms with van der Waals surface area (Å²) in [6.07, 6.45) is 3.66. The number of likely N-dealkylation sites (tertiary alicyclic amines) is 1. The molecule has 5 rings (SSSR count). The van der Waals surface area contributed by atoms with Crippen molar-refractivity contribution in [3.63, 3.8) is 0 Å². The number of ether oxygens (including phenoxy) is 2. The lowest BCUT2D eigenvalue weighted by molar-refractivity contribution is -0.191. The number of halogens is 1. The van der Waals surface area contributed by atoms with Crippen molar-refractivity contribution in [2.45, 2.75) is 57.3 Å². The lowest BCUT2D eigenvalue weighted by atomic mass is 9.90. The zero-order valence-corrected chi connectivity index (χ0v) is 20.3. The maximum atomic E-state index is 12.5. The third-order valence-corrected chi connectivity index (χ3v) is 7.00. The number of aryl methyl sites for hydroxylation is 1. The number of fused-ring (bicyclic) bond motifs is 1. The monoisotopic (exact) mass is 484 g/mol. The van der Waals surface area contributed by atoms with Crippen molar-refractivity contribution in [1.82, 2.24) is 4.90 Å². The fourth-order valence-electron chi connectivity index (χ4n) is 4.96. The van der Waals surface area contributed by atoms with Gasteiger partial charge in [-0.05, 0) is 56.5 Å². The summed E-state index contributed by atoms with van der Waals surface area (Å²) in [5.41, 5.74) is 2.71. The van der Waals surface area contributed by atoms with Gasteiger partial charge in [-0.1, -0.05) is 29.8 Å². The summed E-state index contributed by atoms with van der Waals surface area (Å²) in [4.78, 5) is 33.0. The molecule has 2 aromatic rings. The Morgan fingerprint density at radius 3 is 2.38 bits per heavy atom. The Labute approximate surface area is 204 Å². The van der Waals surface area contributed by atoms with E-state index >= 15 is 0 Å². The standard InChI is InChI=1S/C25H29ClN2O3.CO2/c1-24(2)9-8-18-14-20(26)15-19(22(18)30-24)16-27-12-10-25(11-13-27)17-28(23(29)31-25)21-6-4-3-5-7-21;2-1-3/h3-7,14-15H,8-13,16-17H2,1-2H3;. The van der Waals surface area contributed by atoms with Crippen molar-refractivity contribution >= 4 is 29.5 Å². The molecular weight excluding hydrogens is 456 g/mol. The number of hydrogen-bond acceptors (Lipinski definition) is 6. The second-order valence-corrected chi connectivity index (χ2v) is 10.2. The summed E-state index contributed by atoms with van der Waals surface area (Å²) in [6.45, 7) is 7.46. The van der Waals surface area contributed by atoms with Crippen molar-refractivity contribution in [1.29, 1.82) is 0 Å². The van der Waals surface area contributed by atoms with Gasteiger partial charge in [0, 0.05) is 48.7 Å². The number of carbonyl (C=O) groups excluding carboxylic acids is 3. The molecule has 0 radical (unpaired) electrons. The Kier molecular flexibility index (Phi) is 6.99. The predicted molar refractivity (Wildman–Crippen MR) is 127 cm³/mol. The molecule has 3 aliphatic rings. The average molecular weight is 485 g/mol. The van der Waals surface area contributed by atoms with Gasteiger partial charge in [-0.15, -0.1) is 0 Å². The maximum absolute atomic E-state index is 12.5. The zero-order valence-electron chi connectivity index (χ0n) is 19.5. The predicted octanol–water partition coefficient (Wildman–Crippen LogP) is 4.85. The van der Waals surface area contributed by atoms with Crippen LogP contribution in [0.5, 0.6) is 5.75 Å². The lowest BCUT2D eigenvalue weighted by Crippen LogP contribution is -2.46. The van der Waals surface area contributed by atoms with Gasteiger partial charge in [0.15, 0.2) is 0 Å². The van der Waals surface area contributed by atoms with Crippen LogP contribution in [0.3, 0.4) is 0 Å². The third-order valence-electron chi connectivity index (χ3n) is 6.78. The molecule has 2 saturated heterocycles. The van der Waals surface area contributed by atoms with Gasteiger partial charge in [-0.3, -0.25) is 9.80 Å². The van der Waals surface area contributed by atoms with Crippen molar-refractivity contribution in [3.05, 3.63) is 58.6 Å². The third kappa shape index (κ3) is 5.27. The van der Waals surface area contributed by atoms with Gasteiger partial charge >= 0.3 is 12.2 Å². The van der Waals surface area contributed by atoms with Gasteiger partial charge in [-0.25, -0.2) is 4.79 Å². The van der Waals surface area contributed by atoms with Crippen LogP contribution < -0.4 is 9.64 Å². The highest BCUT2D eigenvalue weighted by atomic mass is 35.5. The van der Waals surface area contributed by atoms with E-state index in [-0.39, 0.29) is 17.8 Å². The second-order valence-electron chi connectivity index (χ2n) is 9.75. The molecule has 1 spiro atoms. The van der Waals surface area contributed by atoms with E-state index in [0.717, 1.165) is 67.3 Å². The molecule has 0 aliphatic carbocycles. The molecule has 180 valence electrons. The Morgan fingerprint density at radius 1 is 1.03 bits per heavy atom. The molecule has 0 atom stereocenters. The van der Waals surface area contributed by atoms with Gasteiger partial charge in [0.1, 0.15) is 17.0 Å². The van der Waals surface area contributed by atoms with Crippen LogP contribution in [0.15, 0.2) is 42.5 Å². The van der Waals surface area contributed by atoms with E-state index in [1.807, 2.05) is 42.5 Å². The van der Waals surface area contributed by atoms with E-state index in [4.69, 9.17) is 30.7 Å². The quantitative estimate of drug-likeness (QED) is 0.619. The molecule has 2 fully saturated rings. The molecule has 3 heterocycles. The molecule has 0 bridgehead atoms. The Bertz CT molecular complexity index is 1070. The molecule has 0 aromatic heterocycles. The summed E-state index contributed by atoms with van der Waals surface area (Å²) in [5, 5.41) is 0.772. The number of benzene rings is 2. The smallest absolute Gasteiger partial charge is 0.415 e. The van der Waals surface area contributed by atoms with E-state index < -0.39 is 5.60 Å². The normalized spacial score (nSPS) is 20.4. The number of carbonyl (C=O) groups is 1. The number of hydrogen-bond donors (Lipinski definition) is 0. The maximum Gasteiger partial charge on any atom is 0.415 e. The first kappa shape index (κ1) is 24.3. The highest BCUT2D eigenvalue weighted by Gasteiger charge is 2.47. The summed E-state index contributed by atoms with van der Waals surface area (Å²) in [5.74, 6) is 1.00. The highest BCUT2D eigenvalue weighted by molar-refractivity contribution is 6.30. The SMILES string of the molecule is CC1(C)CCc2cc(Cl)cc(CN3CCC4(CC3)CN(c3ccccc3)C(=O)O4)c2O1.O=C=O. The van der Waals surface area contributed by atoms with Gasteiger partial charge in [-0.2, -0.15) is 9.59 Å². The minimum Gasteiger partial charge on any atom is -0.487 e. The molecule has 3 aliphatic heterocycles. The van der Waals surface area contributed by atoms with Crippen molar-refractivity contribution in [3.8, 4) is 5.75 Å². The summed E-state index contributed by atoms with van der Waals surface area (Å²) >= 11 is 6.42. The van der Waals surface area contributed by atoms with Crippen LogP contribution in [0, 0.1) is 0 Å². The van der Waals surface area contributed by atoms with Gasteiger partial charge in [0.25, 0.3) is 0 Å². The topological polar surface area (TPSA) is 76.2 Å². The number of para-hydroxylation sites is 1. The summed E-state index contributed by atoms with van der Waals surface area (Å²) in [7, 11) is 0. The van der Waals surface area contributed by atoms with Crippen molar-refractivity contribution < 1.29 is 23.9 Å². The van der Waals surface area contributed by atoms with Crippen LogP contribution in [0.4, 0.5) is 10.5 Å². The first-order valence-corrected chi connectivity index (χ1v) is 11.9. The van der Waals surface area contributed by atoms with Crippen LogP contribution in [-0.4, -0.2) is 48.0 Å². The van der Waals surface area contributed by atoms with E-state index in [2.05, 4.69) is 18.7 Å². The van der Waals surface area contributed by atoms with Crippen LogP contribution in [0.25, 0.3) is 0 Å².